The molecule has 0 aliphatic heterocycles. The number of hydrogen-bond donors (Lipinski definition) is 3. The lowest BCUT2D eigenvalue weighted by molar-refractivity contribution is 0.0549. The van der Waals surface area contributed by atoms with Gasteiger partial charge in [-0.1, -0.05) is 0 Å². The summed E-state index contributed by atoms with van der Waals surface area (Å²) >= 11 is 0. The molecule has 0 radical (unpaired) electrons. The molecule has 1 aliphatic carbocycles. The van der Waals surface area contributed by atoms with Crippen LogP contribution in [-0.4, -0.2) is 40.6 Å². The third-order valence-corrected chi connectivity index (χ3v) is 3.38. The molecule has 0 saturated heterocycles. The lowest BCUT2D eigenvalue weighted by Crippen LogP contribution is -2.41. The second-order valence-corrected chi connectivity index (χ2v) is 4.72. The van der Waals surface area contributed by atoms with Crippen molar-refractivity contribution in [1.29, 1.82) is 0 Å². The van der Waals surface area contributed by atoms with Crippen LogP contribution in [0.5, 0.6) is 0 Å². The first-order valence-corrected chi connectivity index (χ1v) is 5.24. The fourth-order valence-electron chi connectivity index (χ4n) is 1.41. The van der Waals surface area contributed by atoms with E-state index in [0.29, 0.717) is 6.42 Å². The van der Waals surface area contributed by atoms with Crippen molar-refractivity contribution in [3.63, 3.8) is 0 Å². The van der Waals surface area contributed by atoms with Crippen molar-refractivity contribution in [2.24, 2.45) is 0 Å². The molecule has 0 spiro atoms. The molecule has 5 nitrogen and oxygen atoms in total. The fraction of sp³-hybridized carbons (Fsp3) is 1.00. The molecule has 72 valence electrons. The van der Waals surface area contributed by atoms with Crippen molar-refractivity contribution in [1.82, 2.24) is 0 Å². The normalized spacial score (nSPS) is 38.1. The monoisotopic (exact) mass is 196 g/mol. The maximum absolute atomic E-state index is 10.6. The summed E-state index contributed by atoms with van der Waals surface area (Å²) in [5.41, 5.74) is 0. The van der Waals surface area contributed by atoms with Gasteiger partial charge in [-0.2, -0.15) is 8.42 Å². The van der Waals surface area contributed by atoms with E-state index in [4.69, 9.17) is 9.66 Å². The van der Waals surface area contributed by atoms with Gasteiger partial charge < -0.3 is 10.2 Å². The number of hydrogen-bond acceptors (Lipinski definition) is 4. The largest absolute Gasteiger partial charge is 0.393 e. The van der Waals surface area contributed by atoms with Crippen LogP contribution >= 0.6 is 0 Å². The first-order chi connectivity index (χ1) is 5.41. The van der Waals surface area contributed by atoms with Crippen LogP contribution in [-0.2, 0) is 10.1 Å². The number of aliphatic hydroxyl groups is 2. The lowest BCUT2D eigenvalue weighted by Gasteiger charge is -2.28. The number of rotatable bonds is 1. The minimum atomic E-state index is -4.22. The SMILES string of the molecule is O=S(=O)(O)C1CC(O)CCC1O. The average Bonchev–Trinajstić information content (AvgIpc) is 1.92. The summed E-state index contributed by atoms with van der Waals surface area (Å²) in [5.74, 6) is 0. The van der Waals surface area contributed by atoms with Crippen LogP contribution < -0.4 is 0 Å². The van der Waals surface area contributed by atoms with Crippen molar-refractivity contribution in [2.45, 2.75) is 36.7 Å². The summed E-state index contributed by atoms with van der Waals surface area (Å²) in [6.07, 6.45) is -1.28. The van der Waals surface area contributed by atoms with Crippen molar-refractivity contribution in [2.75, 3.05) is 0 Å². The number of aliphatic hydroxyl groups excluding tert-OH is 2. The zero-order valence-electron chi connectivity index (χ0n) is 6.42. The first-order valence-electron chi connectivity index (χ1n) is 3.73. The smallest absolute Gasteiger partial charge is 0.270 e. The molecule has 0 aromatic heterocycles. The highest BCUT2D eigenvalue weighted by atomic mass is 32.2. The molecular weight excluding hydrogens is 184 g/mol. The summed E-state index contributed by atoms with van der Waals surface area (Å²) in [6.45, 7) is 0. The third-order valence-electron chi connectivity index (χ3n) is 2.11. The molecular formula is C6H12O5S. The van der Waals surface area contributed by atoms with Crippen LogP contribution in [0.25, 0.3) is 0 Å². The van der Waals surface area contributed by atoms with Gasteiger partial charge in [0.15, 0.2) is 0 Å². The van der Waals surface area contributed by atoms with E-state index >= 15 is 0 Å². The van der Waals surface area contributed by atoms with Gasteiger partial charge in [0.05, 0.1) is 12.2 Å². The van der Waals surface area contributed by atoms with E-state index in [1.54, 1.807) is 0 Å². The Labute approximate surface area is 70.8 Å². The Hall–Kier alpha value is -0.170. The van der Waals surface area contributed by atoms with Crippen molar-refractivity contribution >= 4 is 10.1 Å². The van der Waals surface area contributed by atoms with Gasteiger partial charge in [0, 0.05) is 0 Å². The minimum absolute atomic E-state index is 0.0833. The van der Waals surface area contributed by atoms with E-state index in [0.717, 1.165) is 0 Å². The molecule has 12 heavy (non-hydrogen) atoms. The van der Waals surface area contributed by atoms with Crippen LogP contribution in [0.2, 0.25) is 0 Å². The second-order valence-electron chi connectivity index (χ2n) is 3.09. The molecule has 3 N–H and O–H groups in total. The van der Waals surface area contributed by atoms with E-state index in [-0.39, 0.29) is 12.8 Å². The van der Waals surface area contributed by atoms with Gasteiger partial charge in [0.25, 0.3) is 10.1 Å². The molecule has 0 heterocycles. The summed E-state index contributed by atoms with van der Waals surface area (Å²) in [7, 11) is -4.22. The third kappa shape index (κ3) is 2.16. The van der Waals surface area contributed by atoms with Gasteiger partial charge in [-0.15, -0.1) is 0 Å². The average molecular weight is 196 g/mol. The van der Waals surface area contributed by atoms with Gasteiger partial charge in [0.1, 0.15) is 5.25 Å². The van der Waals surface area contributed by atoms with E-state index < -0.39 is 27.6 Å². The molecule has 0 aromatic carbocycles. The minimum Gasteiger partial charge on any atom is -0.393 e. The molecule has 0 bridgehead atoms. The Morgan fingerprint density at radius 3 is 2.17 bits per heavy atom. The van der Waals surface area contributed by atoms with Gasteiger partial charge in [-0.3, -0.25) is 4.55 Å². The van der Waals surface area contributed by atoms with Crippen molar-refractivity contribution in [3.05, 3.63) is 0 Å². The predicted octanol–water partition coefficient (Wildman–Crippen LogP) is -0.852. The van der Waals surface area contributed by atoms with E-state index in [2.05, 4.69) is 0 Å². The van der Waals surface area contributed by atoms with Crippen LogP contribution in [0.15, 0.2) is 0 Å². The predicted molar refractivity (Wildman–Crippen MR) is 41.2 cm³/mol. The Morgan fingerprint density at radius 2 is 1.75 bits per heavy atom. The van der Waals surface area contributed by atoms with E-state index in [1.165, 1.54) is 0 Å². The van der Waals surface area contributed by atoms with Crippen molar-refractivity contribution < 1.29 is 23.2 Å². The Balaban J connectivity index is 2.74. The molecule has 1 rings (SSSR count). The summed E-state index contributed by atoms with van der Waals surface area (Å²) in [4.78, 5) is 0. The highest BCUT2D eigenvalue weighted by Crippen LogP contribution is 2.23. The maximum atomic E-state index is 10.6. The first kappa shape index (κ1) is 9.91. The summed E-state index contributed by atoms with van der Waals surface area (Å²) in [6, 6.07) is 0. The zero-order chi connectivity index (χ0) is 9.35. The molecule has 1 saturated carbocycles. The quantitative estimate of drug-likeness (QED) is 0.475. The van der Waals surface area contributed by atoms with E-state index in [1.807, 2.05) is 0 Å². The molecule has 1 fully saturated rings. The van der Waals surface area contributed by atoms with Crippen LogP contribution in [0.4, 0.5) is 0 Å². The maximum Gasteiger partial charge on any atom is 0.270 e. The van der Waals surface area contributed by atoms with Crippen LogP contribution in [0.1, 0.15) is 19.3 Å². The molecule has 3 unspecified atom stereocenters. The summed E-state index contributed by atoms with van der Waals surface area (Å²) < 4.78 is 29.9. The molecule has 1 aliphatic rings. The Kier molecular flexibility index (Phi) is 2.72. The summed E-state index contributed by atoms with van der Waals surface area (Å²) in [5, 5.41) is 17.0. The van der Waals surface area contributed by atoms with Gasteiger partial charge >= 0.3 is 0 Å². The van der Waals surface area contributed by atoms with Crippen molar-refractivity contribution in [3.8, 4) is 0 Å². The van der Waals surface area contributed by atoms with Gasteiger partial charge in [0.2, 0.25) is 0 Å². The zero-order valence-corrected chi connectivity index (χ0v) is 7.24. The second kappa shape index (κ2) is 3.29. The standard InChI is InChI=1S/C6H12O5S/c7-4-1-2-5(8)6(3-4)12(9,10)11/h4-8H,1-3H2,(H,9,10,11). The highest BCUT2D eigenvalue weighted by Gasteiger charge is 2.36. The molecule has 6 heteroatoms. The molecule has 3 atom stereocenters. The highest BCUT2D eigenvalue weighted by molar-refractivity contribution is 7.86. The molecule has 0 amide bonds. The lowest BCUT2D eigenvalue weighted by atomic mass is 9.95. The fourth-order valence-corrected chi connectivity index (χ4v) is 2.41. The van der Waals surface area contributed by atoms with Crippen LogP contribution in [0.3, 0.4) is 0 Å². The Bertz CT molecular complexity index is 247. The topological polar surface area (TPSA) is 94.8 Å². The Morgan fingerprint density at radius 1 is 1.17 bits per heavy atom. The van der Waals surface area contributed by atoms with Crippen LogP contribution in [0, 0.1) is 0 Å². The van der Waals surface area contributed by atoms with E-state index in [9.17, 15) is 13.5 Å². The van der Waals surface area contributed by atoms with Gasteiger partial charge in [-0.05, 0) is 19.3 Å². The molecule has 0 aromatic rings. The van der Waals surface area contributed by atoms with Gasteiger partial charge in [-0.25, -0.2) is 0 Å².